The molecule has 3 N–H and O–H groups in total. The number of primary amides is 1. The number of thiophene rings is 1. The number of carbonyl (C=O) groups is 1. The Balaban J connectivity index is 1.56. The number of aromatic nitrogens is 2. The number of hydrogen-bond donors (Lipinski definition) is 2. The normalized spacial score (nSPS) is 13.2. The van der Waals surface area contributed by atoms with E-state index in [-0.39, 0.29) is 5.91 Å². The second kappa shape index (κ2) is 9.36. The smallest absolute Gasteiger partial charge is 0.219 e. The molecule has 8 heteroatoms. The minimum absolute atomic E-state index is 0.277. The van der Waals surface area contributed by atoms with Crippen LogP contribution in [0.3, 0.4) is 0 Å². The van der Waals surface area contributed by atoms with Gasteiger partial charge in [-0.3, -0.25) is 9.78 Å². The lowest BCUT2D eigenvalue weighted by molar-refractivity contribution is -0.117. The van der Waals surface area contributed by atoms with Crippen molar-refractivity contribution in [2.75, 3.05) is 24.5 Å². The molecule has 0 bridgehead atoms. The van der Waals surface area contributed by atoms with Crippen molar-refractivity contribution in [3.05, 3.63) is 64.8 Å². The van der Waals surface area contributed by atoms with Crippen molar-refractivity contribution in [1.29, 1.82) is 0 Å². The number of para-hydroxylation sites is 1. The zero-order valence-corrected chi connectivity index (χ0v) is 19.3. The molecule has 3 aromatic heterocycles. The van der Waals surface area contributed by atoms with Crippen LogP contribution < -0.4 is 16.0 Å². The van der Waals surface area contributed by atoms with Gasteiger partial charge in [-0.15, -0.1) is 22.7 Å². The van der Waals surface area contributed by atoms with Crippen molar-refractivity contribution >= 4 is 43.8 Å². The van der Waals surface area contributed by atoms with Crippen LogP contribution in [0.25, 0.3) is 20.8 Å². The van der Waals surface area contributed by atoms with E-state index in [1.54, 1.807) is 17.5 Å². The van der Waals surface area contributed by atoms with Crippen LogP contribution in [-0.2, 0) is 24.2 Å². The molecule has 0 spiro atoms. The molecule has 1 aliphatic rings. The van der Waals surface area contributed by atoms with E-state index in [2.05, 4.69) is 39.5 Å². The topological polar surface area (TPSA) is 84.1 Å². The molecule has 1 amide bonds. The van der Waals surface area contributed by atoms with Crippen molar-refractivity contribution in [1.82, 2.24) is 15.3 Å². The Labute approximate surface area is 195 Å². The largest absolute Gasteiger partial charge is 0.370 e. The third kappa shape index (κ3) is 4.39. The number of pyridine rings is 1. The van der Waals surface area contributed by atoms with E-state index < -0.39 is 0 Å². The van der Waals surface area contributed by atoms with Gasteiger partial charge in [-0.25, -0.2) is 4.98 Å². The zero-order valence-electron chi connectivity index (χ0n) is 17.7. The third-order valence-electron chi connectivity index (χ3n) is 5.73. The van der Waals surface area contributed by atoms with Gasteiger partial charge in [-0.2, -0.15) is 0 Å². The number of carbonyl (C=O) groups excluding carboxylic acids is 1. The van der Waals surface area contributed by atoms with Gasteiger partial charge in [-0.1, -0.05) is 18.2 Å². The summed E-state index contributed by atoms with van der Waals surface area (Å²) in [6.07, 6.45) is 5.87. The van der Waals surface area contributed by atoms with Crippen LogP contribution in [0.4, 0.5) is 5.00 Å². The fourth-order valence-corrected chi connectivity index (χ4v) is 6.59. The van der Waals surface area contributed by atoms with E-state index in [1.807, 2.05) is 29.7 Å². The van der Waals surface area contributed by atoms with Gasteiger partial charge in [0.25, 0.3) is 0 Å². The number of benzene rings is 1. The zero-order chi connectivity index (χ0) is 21.9. The Bertz CT molecular complexity index is 1200. The molecule has 5 rings (SSSR count). The summed E-state index contributed by atoms with van der Waals surface area (Å²) >= 11 is 3.57. The number of hydrogen-bond acceptors (Lipinski definition) is 7. The fraction of sp³-hybridized carbons (Fsp3) is 0.292. The Kier molecular flexibility index (Phi) is 6.16. The van der Waals surface area contributed by atoms with Crippen LogP contribution in [0, 0.1) is 0 Å². The Hall–Kier alpha value is -2.81. The van der Waals surface area contributed by atoms with Crippen molar-refractivity contribution < 1.29 is 4.79 Å². The summed E-state index contributed by atoms with van der Waals surface area (Å²) in [6, 6.07) is 12.4. The molecule has 0 radical (unpaired) electrons. The lowest BCUT2D eigenvalue weighted by Gasteiger charge is -2.24. The average Bonchev–Trinajstić information content (AvgIpc) is 3.40. The van der Waals surface area contributed by atoms with Gasteiger partial charge >= 0.3 is 0 Å². The second-order valence-electron chi connectivity index (χ2n) is 7.91. The van der Waals surface area contributed by atoms with Crippen LogP contribution in [0.15, 0.2) is 48.8 Å². The molecule has 0 unspecified atom stereocenters. The molecule has 0 saturated carbocycles. The van der Waals surface area contributed by atoms with Crippen LogP contribution in [0.2, 0.25) is 0 Å². The van der Waals surface area contributed by atoms with Gasteiger partial charge in [0.15, 0.2) is 0 Å². The minimum atomic E-state index is -0.277. The number of nitrogens with two attached hydrogens (primary N) is 1. The van der Waals surface area contributed by atoms with E-state index in [4.69, 9.17) is 10.7 Å². The van der Waals surface area contributed by atoms with Gasteiger partial charge in [-0.05, 0) is 48.7 Å². The number of anilines is 1. The maximum absolute atomic E-state index is 11.6. The summed E-state index contributed by atoms with van der Waals surface area (Å²) in [6.45, 7) is 3.24. The summed E-state index contributed by atoms with van der Waals surface area (Å²) in [4.78, 5) is 24.6. The number of fused-ring (bicyclic) bond motifs is 2. The minimum Gasteiger partial charge on any atom is -0.370 e. The SMILES string of the molecule is NC(=O)CCN(CCc1cccnc1)c1sc2c(c1-c1nc3ccccc3s1)CCNC2. The summed E-state index contributed by atoms with van der Waals surface area (Å²) in [7, 11) is 0. The first-order valence-corrected chi connectivity index (χ1v) is 12.5. The molecule has 0 aliphatic carbocycles. The maximum Gasteiger partial charge on any atom is 0.219 e. The van der Waals surface area contributed by atoms with E-state index in [1.165, 1.54) is 31.3 Å². The highest BCUT2D eigenvalue weighted by atomic mass is 32.1. The molecule has 1 aromatic carbocycles. The lowest BCUT2D eigenvalue weighted by Crippen LogP contribution is -2.30. The van der Waals surface area contributed by atoms with Gasteiger partial charge in [0, 0.05) is 48.9 Å². The monoisotopic (exact) mass is 463 g/mol. The van der Waals surface area contributed by atoms with E-state index in [9.17, 15) is 4.79 Å². The molecule has 1 aliphatic heterocycles. The van der Waals surface area contributed by atoms with Crippen molar-refractivity contribution in [2.45, 2.75) is 25.8 Å². The van der Waals surface area contributed by atoms with E-state index >= 15 is 0 Å². The highest BCUT2D eigenvalue weighted by Gasteiger charge is 2.27. The predicted octanol–water partition coefficient (Wildman–Crippen LogP) is 3.99. The Morgan fingerprint density at radius 2 is 2.06 bits per heavy atom. The number of rotatable bonds is 8. The molecule has 4 aromatic rings. The molecule has 4 heterocycles. The second-order valence-corrected chi connectivity index (χ2v) is 10.0. The lowest BCUT2D eigenvalue weighted by atomic mass is 10.0. The van der Waals surface area contributed by atoms with Crippen molar-refractivity contribution in [2.24, 2.45) is 5.73 Å². The molecule has 32 heavy (non-hydrogen) atoms. The number of amides is 1. The summed E-state index contributed by atoms with van der Waals surface area (Å²) < 4.78 is 1.20. The van der Waals surface area contributed by atoms with Crippen molar-refractivity contribution in [3.63, 3.8) is 0 Å². The van der Waals surface area contributed by atoms with Crippen LogP contribution in [-0.4, -0.2) is 35.5 Å². The first kappa shape index (κ1) is 21.1. The standard InChI is InChI=1S/C24H25N5OS2/c25-21(30)9-13-29(12-8-16-4-3-10-26-14-16)24-22(17-7-11-27-15-20(17)32-24)23-28-18-5-1-2-6-19(18)31-23/h1-6,10,14,27H,7-9,11-13,15H2,(H2,25,30). The van der Waals surface area contributed by atoms with Gasteiger partial charge in [0.2, 0.25) is 5.91 Å². The van der Waals surface area contributed by atoms with Gasteiger partial charge in [0.05, 0.1) is 10.2 Å². The van der Waals surface area contributed by atoms with Gasteiger partial charge in [0.1, 0.15) is 10.0 Å². The van der Waals surface area contributed by atoms with E-state index in [0.29, 0.717) is 13.0 Å². The molecule has 0 atom stereocenters. The highest BCUT2D eigenvalue weighted by molar-refractivity contribution is 7.22. The Morgan fingerprint density at radius 3 is 2.88 bits per heavy atom. The number of thiazole rings is 1. The molecule has 164 valence electrons. The third-order valence-corrected chi connectivity index (χ3v) is 8.07. The van der Waals surface area contributed by atoms with E-state index in [0.717, 1.165) is 43.0 Å². The van der Waals surface area contributed by atoms with Crippen LogP contribution >= 0.6 is 22.7 Å². The van der Waals surface area contributed by atoms with Crippen molar-refractivity contribution in [3.8, 4) is 10.6 Å². The summed E-state index contributed by atoms with van der Waals surface area (Å²) in [5, 5.41) is 5.76. The molecule has 0 saturated heterocycles. The average molecular weight is 464 g/mol. The van der Waals surface area contributed by atoms with Gasteiger partial charge < -0.3 is 16.0 Å². The fourth-order valence-electron chi connectivity index (χ4n) is 4.11. The maximum atomic E-state index is 11.6. The highest BCUT2D eigenvalue weighted by Crippen LogP contribution is 2.46. The molecule has 0 fully saturated rings. The Morgan fingerprint density at radius 1 is 1.16 bits per heavy atom. The number of nitrogens with zero attached hydrogens (tertiary/aromatic N) is 3. The first-order valence-electron chi connectivity index (χ1n) is 10.8. The summed E-state index contributed by atoms with van der Waals surface area (Å²) in [5.74, 6) is -0.277. The molecule has 6 nitrogen and oxygen atoms in total. The molecular weight excluding hydrogens is 438 g/mol. The quantitative estimate of drug-likeness (QED) is 0.413. The summed E-state index contributed by atoms with van der Waals surface area (Å²) in [5.41, 5.74) is 10.4. The van der Waals surface area contributed by atoms with Crippen LogP contribution in [0.5, 0.6) is 0 Å². The first-order chi connectivity index (χ1) is 15.7. The molecular formula is C24H25N5OS2. The predicted molar refractivity (Wildman–Crippen MR) is 132 cm³/mol. The van der Waals surface area contributed by atoms with Crippen LogP contribution in [0.1, 0.15) is 22.4 Å². The number of nitrogens with one attached hydrogen (secondary N) is 1.